The minimum Gasteiger partial charge on any atom is -0.461 e. The number of urea groups is 1. The van der Waals surface area contributed by atoms with Crippen molar-refractivity contribution in [2.45, 2.75) is 60.7 Å². The van der Waals surface area contributed by atoms with Crippen molar-refractivity contribution in [1.82, 2.24) is 14.8 Å². The summed E-state index contributed by atoms with van der Waals surface area (Å²) in [5, 5.41) is 2.80. The van der Waals surface area contributed by atoms with Crippen LogP contribution in [0.3, 0.4) is 0 Å². The number of carbonyl (C=O) groups is 3. The summed E-state index contributed by atoms with van der Waals surface area (Å²) in [7, 11) is 0. The van der Waals surface area contributed by atoms with Gasteiger partial charge in [0.2, 0.25) is 0 Å². The normalized spacial score (nSPS) is 10.9. The Balaban J connectivity index is 2.39. The molecule has 1 heterocycles. The number of nitrogens with zero attached hydrogens (tertiary/aromatic N) is 2. The van der Waals surface area contributed by atoms with E-state index in [-0.39, 0.29) is 37.3 Å². The first-order valence-electron chi connectivity index (χ1n) is 10.8. The van der Waals surface area contributed by atoms with Crippen LogP contribution in [0.25, 0.3) is 0 Å². The lowest BCUT2D eigenvalue weighted by Gasteiger charge is -2.24. The number of carbonyl (C=O) groups excluding carboxylic acids is 3. The highest BCUT2D eigenvalue weighted by Crippen LogP contribution is 2.24. The summed E-state index contributed by atoms with van der Waals surface area (Å²) in [6.07, 6.45) is 0. The standard InChI is InChI=1S/C24H32FN3O4/c1-7-28-17(6)21(16(5)22(28)23(30)32-8-2)20(29)14-27(24(31)26-15(3)4)13-18-9-11-19(25)12-10-18/h9-12,15H,7-8,13-14H2,1-6H3,(H,26,31). The first-order valence-corrected chi connectivity index (χ1v) is 10.8. The molecule has 174 valence electrons. The van der Waals surface area contributed by atoms with Crippen molar-refractivity contribution in [3.63, 3.8) is 0 Å². The molecule has 0 aliphatic rings. The van der Waals surface area contributed by atoms with Crippen molar-refractivity contribution in [2.24, 2.45) is 0 Å². The van der Waals surface area contributed by atoms with E-state index in [1.54, 1.807) is 37.5 Å². The first kappa shape index (κ1) is 25.1. The molecular weight excluding hydrogens is 413 g/mol. The Labute approximate surface area is 188 Å². The second kappa shape index (κ2) is 10.9. The van der Waals surface area contributed by atoms with Gasteiger partial charge >= 0.3 is 12.0 Å². The molecule has 0 unspecified atom stereocenters. The summed E-state index contributed by atoms with van der Waals surface area (Å²) in [5.74, 6) is -1.13. The number of aromatic nitrogens is 1. The number of ether oxygens (including phenoxy) is 1. The Bertz CT molecular complexity index is 980. The Kier molecular flexibility index (Phi) is 8.57. The minimum absolute atomic E-state index is 0.117. The predicted molar refractivity (Wildman–Crippen MR) is 120 cm³/mol. The summed E-state index contributed by atoms with van der Waals surface area (Å²) in [6.45, 7) is 11.5. The zero-order valence-corrected chi connectivity index (χ0v) is 19.6. The summed E-state index contributed by atoms with van der Waals surface area (Å²) in [6, 6.07) is 5.28. The van der Waals surface area contributed by atoms with Crippen LogP contribution < -0.4 is 5.32 Å². The molecule has 1 aromatic heterocycles. The zero-order chi connectivity index (χ0) is 24.0. The van der Waals surface area contributed by atoms with Crippen molar-refractivity contribution >= 4 is 17.8 Å². The smallest absolute Gasteiger partial charge is 0.355 e. The highest BCUT2D eigenvalue weighted by molar-refractivity contribution is 6.04. The van der Waals surface area contributed by atoms with E-state index in [1.807, 2.05) is 20.8 Å². The van der Waals surface area contributed by atoms with Gasteiger partial charge in [0.15, 0.2) is 5.78 Å². The molecular formula is C24H32FN3O4. The van der Waals surface area contributed by atoms with Crippen molar-refractivity contribution in [3.8, 4) is 0 Å². The van der Waals surface area contributed by atoms with Crippen molar-refractivity contribution in [2.75, 3.05) is 13.2 Å². The van der Waals surface area contributed by atoms with Gasteiger partial charge in [-0.05, 0) is 64.8 Å². The molecule has 32 heavy (non-hydrogen) atoms. The molecule has 0 bridgehead atoms. The Morgan fingerprint density at radius 3 is 2.28 bits per heavy atom. The fourth-order valence-corrected chi connectivity index (χ4v) is 3.76. The van der Waals surface area contributed by atoms with Crippen molar-refractivity contribution in [3.05, 3.63) is 58.2 Å². The zero-order valence-electron chi connectivity index (χ0n) is 19.6. The molecule has 0 saturated heterocycles. The summed E-state index contributed by atoms with van der Waals surface area (Å²) >= 11 is 0. The second-order valence-corrected chi connectivity index (χ2v) is 7.91. The summed E-state index contributed by atoms with van der Waals surface area (Å²) in [4.78, 5) is 40.0. The van der Waals surface area contributed by atoms with Crippen LogP contribution in [-0.4, -0.2) is 46.4 Å². The number of benzene rings is 1. The highest BCUT2D eigenvalue weighted by atomic mass is 19.1. The van der Waals surface area contributed by atoms with Gasteiger partial charge in [-0.3, -0.25) is 4.79 Å². The monoisotopic (exact) mass is 445 g/mol. The van der Waals surface area contributed by atoms with Crippen LogP contribution in [0.15, 0.2) is 24.3 Å². The van der Waals surface area contributed by atoms with E-state index in [4.69, 9.17) is 4.74 Å². The van der Waals surface area contributed by atoms with Crippen LogP contribution in [-0.2, 0) is 17.8 Å². The van der Waals surface area contributed by atoms with Gasteiger partial charge < -0.3 is 19.5 Å². The van der Waals surface area contributed by atoms with Crippen molar-refractivity contribution in [1.29, 1.82) is 0 Å². The van der Waals surface area contributed by atoms with Crippen LogP contribution in [0.1, 0.15) is 65.4 Å². The maximum absolute atomic E-state index is 13.3. The predicted octanol–water partition coefficient (Wildman–Crippen LogP) is 4.24. The summed E-state index contributed by atoms with van der Waals surface area (Å²) in [5.41, 5.74) is 2.66. The average Bonchev–Trinajstić information content (AvgIpc) is 2.98. The minimum atomic E-state index is -0.477. The van der Waals surface area contributed by atoms with E-state index in [0.717, 1.165) is 0 Å². The molecule has 0 aliphatic heterocycles. The maximum Gasteiger partial charge on any atom is 0.355 e. The maximum atomic E-state index is 13.3. The lowest BCUT2D eigenvalue weighted by Crippen LogP contribution is -2.44. The Morgan fingerprint density at radius 2 is 1.75 bits per heavy atom. The van der Waals surface area contributed by atoms with E-state index in [0.29, 0.717) is 34.6 Å². The van der Waals surface area contributed by atoms with Gasteiger partial charge in [-0.15, -0.1) is 0 Å². The fraction of sp³-hybridized carbons (Fsp3) is 0.458. The number of ketones is 1. The van der Waals surface area contributed by atoms with Crippen molar-refractivity contribution < 1.29 is 23.5 Å². The molecule has 2 rings (SSSR count). The number of amides is 2. The quantitative estimate of drug-likeness (QED) is 0.462. The van der Waals surface area contributed by atoms with E-state index in [2.05, 4.69) is 5.32 Å². The SMILES string of the molecule is CCOC(=O)c1c(C)c(C(=O)CN(Cc2ccc(F)cc2)C(=O)NC(C)C)c(C)n1CC. The van der Waals surface area contributed by atoms with Gasteiger partial charge in [-0.25, -0.2) is 14.0 Å². The highest BCUT2D eigenvalue weighted by Gasteiger charge is 2.28. The largest absolute Gasteiger partial charge is 0.461 e. The molecule has 0 radical (unpaired) electrons. The van der Waals surface area contributed by atoms with Crippen LogP contribution in [0.2, 0.25) is 0 Å². The molecule has 0 saturated carbocycles. The molecule has 8 heteroatoms. The third kappa shape index (κ3) is 5.75. The third-order valence-corrected chi connectivity index (χ3v) is 5.15. The van der Waals surface area contributed by atoms with Gasteiger partial charge in [-0.1, -0.05) is 12.1 Å². The van der Waals surface area contributed by atoms with Gasteiger partial charge in [0.05, 0.1) is 13.2 Å². The van der Waals surface area contributed by atoms with Gasteiger partial charge in [0.25, 0.3) is 0 Å². The van der Waals surface area contributed by atoms with E-state index >= 15 is 0 Å². The number of esters is 1. The average molecular weight is 446 g/mol. The number of Topliss-reactive ketones (excluding diaryl/α,β-unsaturated/α-hetero) is 1. The molecule has 0 fully saturated rings. The molecule has 1 N–H and O–H groups in total. The number of rotatable bonds is 9. The molecule has 0 spiro atoms. The lowest BCUT2D eigenvalue weighted by molar-refractivity contribution is 0.0512. The van der Waals surface area contributed by atoms with E-state index in [9.17, 15) is 18.8 Å². The molecule has 0 atom stereocenters. The molecule has 2 amide bonds. The van der Waals surface area contributed by atoms with Crippen LogP contribution in [0, 0.1) is 19.7 Å². The van der Waals surface area contributed by atoms with Crippen LogP contribution in [0.4, 0.5) is 9.18 Å². The Hall–Kier alpha value is -3.16. The lowest BCUT2D eigenvalue weighted by atomic mass is 10.0. The molecule has 1 aromatic carbocycles. The number of nitrogens with one attached hydrogen (secondary N) is 1. The number of hydrogen-bond donors (Lipinski definition) is 1. The van der Waals surface area contributed by atoms with E-state index < -0.39 is 12.0 Å². The fourth-order valence-electron chi connectivity index (χ4n) is 3.76. The molecule has 0 aliphatic carbocycles. The van der Waals surface area contributed by atoms with Gasteiger partial charge in [-0.2, -0.15) is 0 Å². The number of halogens is 1. The Morgan fingerprint density at radius 1 is 1.12 bits per heavy atom. The topological polar surface area (TPSA) is 80.6 Å². The second-order valence-electron chi connectivity index (χ2n) is 7.91. The van der Waals surface area contributed by atoms with Gasteiger partial charge in [0, 0.05) is 30.4 Å². The van der Waals surface area contributed by atoms with Crippen LogP contribution >= 0.6 is 0 Å². The van der Waals surface area contributed by atoms with E-state index in [1.165, 1.54) is 17.0 Å². The molecule has 7 nitrogen and oxygen atoms in total. The number of hydrogen-bond acceptors (Lipinski definition) is 4. The van der Waals surface area contributed by atoms with Gasteiger partial charge in [0.1, 0.15) is 11.5 Å². The third-order valence-electron chi connectivity index (χ3n) is 5.15. The first-order chi connectivity index (χ1) is 15.1. The van der Waals surface area contributed by atoms with Crippen LogP contribution in [0.5, 0.6) is 0 Å². The summed E-state index contributed by atoms with van der Waals surface area (Å²) < 4.78 is 20.2. The molecule has 2 aromatic rings.